The molecule has 8 nitrogen and oxygen atoms in total. The van der Waals surface area contributed by atoms with E-state index in [4.69, 9.17) is 26.8 Å². The van der Waals surface area contributed by atoms with Crippen molar-refractivity contribution in [3.8, 4) is 23.3 Å². The highest BCUT2D eigenvalue weighted by Crippen LogP contribution is 2.47. The first-order valence-electron chi connectivity index (χ1n) is 15.1. The molecule has 3 N–H and O–H groups in total. The Morgan fingerprint density at radius 1 is 0.957 bits per heavy atom. The molecular weight excluding hydrogens is 634 g/mol. The lowest BCUT2D eigenvalue weighted by Crippen LogP contribution is -2.34. The number of methoxy groups -OCH3 is 1. The van der Waals surface area contributed by atoms with Gasteiger partial charge in [0.25, 0.3) is 0 Å². The average Bonchev–Trinajstić information content (AvgIpc) is 3.39. The Labute approximate surface area is 283 Å². The fraction of sp³-hybridized carbons (Fsp3) is 0.216. The second-order valence-corrected chi connectivity index (χ2v) is 12.4. The summed E-state index contributed by atoms with van der Waals surface area (Å²) in [5.41, 5.74) is 9.70. The fourth-order valence-corrected chi connectivity index (χ4v) is 6.87. The van der Waals surface area contributed by atoms with E-state index in [-0.39, 0.29) is 28.8 Å². The number of anilines is 1. The zero-order valence-corrected chi connectivity index (χ0v) is 27.6. The molecule has 2 atom stereocenters. The van der Waals surface area contributed by atoms with Gasteiger partial charge in [0.1, 0.15) is 5.37 Å². The van der Waals surface area contributed by atoms with E-state index in [0.29, 0.717) is 36.8 Å². The second kappa shape index (κ2) is 15.6. The van der Waals surface area contributed by atoms with Crippen LogP contribution in [0.2, 0.25) is 5.02 Å². The van der Waals surface area contributed by atoms with Gasteiger partial charge >= 0.3 is 0 Å². The van der Waals surface area contributed by atoms with Gasteiger partial charge in [-0.2, -0.15) is 0 Å². The van der Waals surface area contributed by atoms with Crippen LogP contribution < -0.4 is 25.4 Å². The van der Waals surface area contributed by atoms with Gasteiger partial charge in [-0.1, -0.05) is 59.8 Å². The van der Waals surface area contributed by atoms with Crippen molar-refractivity contribution in [3.63, 3.8) is 0 Å². The third kappa shape index (κ3) is 8.28. The van der Waals surface area contributed by atoms with Crippen molar-refractivity contribution in [1.29, 1.82) is 0 Å². The third-order valence-electron chi connectivity index (χ3n) is 7.49. The minimum absolute atomic E-state index is 0.00293. The first-order valence-corrected chi connectivity index (χ1v) is 16.4. The molecule has 0 aliphatic carbocycles. The number of nitrogens with two attached hydrogens (primary N) is 1. The predicted molar refractivity (Wildman–Crippen MR) is 186 cm³/mol. The van der Waals surface area contributed by atoms with Gasteiger partial charge in [-0.05, 0) is 79.1 Å². The molecule has 0 unspecified atom stereocenters. The molecule has 3 amide bonds. The van der Waals surface area contributed by atoms with Crippen molar-refractivity contribution in [2.45, 2.75) is 30.4 Å². The number of primary amides is 1. The van der Waals surface area contributed by atoms with Gasteiger partial charge in [-0.3, -0.25) is 19.3 Å². The van der Waals surface area contributed by atoms with Crippen LogP contribution in [0.15, 0.2) is 91.0 Å². The Morgan fingerprint density at radius 3 is 2.34 bits per heavy atom. The first-order chi connectivity index (χ1) is 22.8. The van der Waals surface area contributed by atoms with Crippen LogP contribution in [0.3, 0.4) is 0 Å². The van der Waals surface area contributed by atoms with Crippen LogP contribution in [-0.2, 0) is 16.0 Å². The topological polar surface area (TPSA) is 111 Å². The van der Waals surface area contributed by atoms with Crippen LogP contribution in [0.4, 0.5) is 5.69 Å². The number of carbonyl (C=O) groups is 3. The van der Waals surface area contributed by atoms with Crippen LogP contribution in [0.1, 0.15) is 51.3 Å². The molecule has 1 aliphatic rings. The second-order valence-electron chi connectivity index (χ2n) is 10.7. The molecule has 10 heteroatoms. The number of halogens is 1. The van der Waals surface area contributed by atoms with E-state index in [1.165, 1.54) is 17.8 Å². The van der Waals surface area contributed by atoms with E-state index < -0.39 is 16.5 Å². The Morgan fingerprint density at radius 2 is 1.68 bits per heavy atom. The fourth-order valence-electron chi connectivity index (χ4n) is 5.15. The van der Waals surface area contributed by atoms with E-state index in [1.54, 1.807) is 24.1 Å². The molecule has 240 valence electrons. The van der Waals surface area contributed by atoms with Crippen molar-refractivity contribution in [3.05, 3.63) is 124 Å². The van der Waals surface area contributed by atoms with Gasteiger partial charge in [0.15, 0.2) is 11.5 Å². The summed E-state index contributed by atoms with van der Waals surface area (Å²) in [6.45, 7) is 2.81. The highest BCUT2D eigenvalue weighted by Gasteiger charge is 2.43. The van der Waals surface area contributed by atoms with Crippen molar-refractivity contribution < 1.29 is 23.9 Å². The molecule has 4 aromatic rings. The zero-order valence-electron chi connectivity index (χ0n) is 26.0. The maximum atomic E-state index is 13.9. The van der Waals surface area contributed by atoms with Crippen molar-refractivity contribution in [2.24, 2.45) is 5.73 Å². The maximum Gasteiger partial charge on any atom is 0.250 e. The first kappa shape index (κ1) is 33.5. The minimum atomic E-state index is -0.661. The van der Waals surface area contributed by atoms with Gasteiger partial charge in [0.2, 0.25) is 17.7 Å². The number of thioether (sulfide) groups is 1. The summed E-state index contributed by atoms with van der Waals surface area (Å²) in [5, 5.41) is 2.01. The summed E-state index contributed by atoms with van der Waals surface area (Å²) >= 11 is 7.77. The zero-order chi connectivity index (χ0) is 33.3. The lowest BCUT2D eigenvalue weighted by molar-refractivity contribution is -0.124. The highest BCUT2D eigenvalue weighted by molar-refractivity contribution is 8.01. The number of nitrogens with one attached hydrogen (secondary N) is 1. The van der Waals surface area contributed by atoms with Gasteiger partial charge in [0, 0.05) is 29.8 Å². The van der Waals surface area contributed by atoms with E-state index in [1.807, 2.05) is 79.7 Å². The molecule has 4 aromatic carbocycles. The van der Waals surface area contributed by atoms with Gasteiger partial charge in [-0.25, -0.2) is 0 Å². The van der Waals surface area contributed by atoms with Gasteiger partial charge in [-0.15, -0.1) is 11.8 Å². The maximum absolute atomic E-state index is 13.9. The average molecular weight is 668 g/mol. The van der Waals surface area contributed by atoms with E-state index >= 15 is 0 Å². The van der Waals surface area contributed by atoms with E-state index in [0.717, 1.165) is 22.3 Å². The third-order valence-corrected chi connectivity index (χ3v) is 9.24. The number of ether oxygens (including phenoxy) is 2. The van der Waals surface area contributed by atoms with E-state index in [9.17, 15) is 14.4 Å². The molecule has 0 radical (unpaired) electrons. The molecule has 0 bridgehead atoms. The summed E-state index contributed by atoms with van der Waals surface area (Å²) in [6, 6.07) is 27.8. The standard InChI is InChI=1S/C37H34ClN3O5S/c1-3-46-32-21-26(13-18-31(32)45-2)19-20-40-34(42)23-33-36(44)41(28-16-17-29(35(39)43)30(38)22-28)37(47-33)27-14-11-25(12-15-27)10-9-24-7-5-4-6-8-24/h4-8,11-18,21-22,33,37H,3,19-20,23H2,1-2H3,(H2,39,43)(H,40,42)/t33-,37+/m1/s1. The molecule has 0 saturated carbocycles. The number of benzene rings is 4. The van der Waals surface area contributed by atoms with Crippen LogP contribution in [0.25, 0.3) is 0 Å². The molecular formula is C37H34ClN3O5S. The van der Waals surface area contributed by atoms with Crippen LogP contribution >= 0.6 is 23.4 Å². The number of hydrogen-bond acceptors (Lipinski definition) is 6. The smallest absolute Gasteiger partial charge is 0.250 e. The Kier molecular flexibility index (Phi) is 11.1. The molecule has 1 saturated heterocycles. The molecule has 1 heterocycles. The lowest BCUT2D eigenvalue weighted by Gasteiger charge is -2.25. The number of hydrogen-bond donors (Lipinski definition) is 2. The van der Waals surface area contributed by atoms with E-state index in [2.05, 4.69) is 17.2 Å². The minimum Gasteiger partial charge on any atom is -0.493 e. The molecule has 47 heavy (non-hydrogen) atoms. The number of rotatable bonds is 11. The summed E-state index contributed by atoms with van der Waals surface area (Å²) in [4.78, 5) is 40.4. The normalized spacial score (nSPS) is 15.5. The predicted octanol–water partition coefficient (Wildman–Crippen LogP) is 6.14. The van der Waals surface area contributed by atoms with Crippen LogP contribution in [0.5, 0.6) is 11.5 Å². The Hall–Kier alpha value is -4.91. The quantitative estimate of drug-likeness (QED) is 0.186. The molecule has 1 aliphatic heterocycles. The number of nitrogens with zero attached hydrogens (tertiary/aromatic N) is 1. The monoisotopic (exact) mass is 667 g/mol. The SMILES string of the molecule is CCOc1cc(CCNC(=O)C[C@H]2S[C@@H](c3ccc(C#Cc4ccccc4)cc3)N(c3ccc(C(N)=O)c(Cl)c3)C2=O)ccc1OC. The molecule has 0 spiro atoms. The van der Waals surface area contributed by atoms with Crippen LogP contribution in [-0.4, -0.2) is 43.2 Å². The summed E-state index contributed by atoms with van der Waals surface area (Å²) in [6.07, 6.45) is 0.581. The molecule has 0 aromatic heterocycles. The lowest BCUT2D eigenvalue weighted by atomic mass is 10.1. The van der Waals surface area contributed by atoms with Crippen molar-refractivity contribution in [2.75, 3.05) is 25.2 Å². The Balaban J connectivity index is 1.31. The summed E-state index contributed by atoms with van der Waals surface area (Å²) in [7, 11) is 1.59. The largest absolute Gasteiger partial charge is 0.493 e. The Bertz CT molecular complexity index is 1820. The van der Waals surface area contributed by atoms with Crippen molar-refractivity contribution in [1.82, 2.24) is 5.32 Å². The van der Waals surface area contributed by atoms with Crippen molar-refractivity contribution >= 4 is 46.8 Å². The van der Waals surface area contributed by atoms with Gasteiger partial charge < -0.3 is 20.5 Å². The summed E-state index contributed by atoms with van der Waals surface area (Å²) < 4.78 is 11.0. The van der Waals surface area contributed by atoms with Crippen LogP contribution in [0, 0.1) is 11.8 Å². The van der Waals surface area contributed by atoms with Gasteiger partial charge in [0.05, 0.1) is 29.6 Å². The summed E-state index contributed by atoms with van der Waals surface area (Å²) in [5.74, 6) is 6.50. The highest BCUT2D eigenvalue weighted by atomic mass is 35.5. The number of amides is 3. The molecule has 5 rings (SSSR count). The molecule has 1 fully saturated rings. The number of carbonyl (C=O) groups excluding carboxylic acids is 3.